The van der Waals surface area contributed by atoms with Gasteiger partial charge >= 0.3 is 0 Å². The Morgan fingerprint density at radius 1 is 1.23 bits per heavy atom. The zero-order valence-corrected chi connectivity index (χ0v) is 16.2. The largest absolute Gasteiger partial charge is 0.322 e. The number of hydrogen-bond donors (Lipinski definition) is 1. The van der Waals surface area contributed by atoms with Gasteiger partial charge in [-0.3, -0.25) is 9.48 Å². The van der Waals surface area contributed by atoms with Crippen LogP contribution < -0.4 is 5.32 Å². The molecule has 0 unspecified atom stereocenters. The van der Waals surface area contributed by atoms with Crippen LogP contribution in [0.25, 0.3) is 5.69 Å². The van der Waals surface area contributed by atoms with Crippen LogP contribution in [-0.4, -0.2) is 41.1 Å². The fourth-order valence-corrected chi connectivity index (χ4v) is 3.40. The first kappa shape index (κ1) is 18.1. The van der Waals surface area contributed by atoms with Crippen LogP contribution in [-0.2, 0) is 11.8 Å². The Labute approximate surface area is 156 Å². The molecule has 0 spiro atoms. The molecule has 3 rings (SSSR count). The van der Waals surface area contributed by atoms with Gasteiger partial charge in [-0.15, -0.1) is 5.10 Å². The molecule has 9 heteroatoms. The van der Waals surface area contributed by atoms with Gasteiger partial charge in [0.1, 0.15) is 0 Å². The van der Waals surface area contributed by atoms with Crippen molar-refractivity contribution in [1.82, 2.24) is 30.0 Å². The molecule has 26 heavy (non-hydrogen) atoms. The van der Waals surface area contributed by atoms with Crippen LogP contribution in [0.2, 0.25) is 0 Å². The Hall–Kier alpha value is -2.68. The molecule has 0 fully saturated rings. The Bertz CT molecular complexity index is 946. The quantitative estimate of drug-likeness (QED) is 0.693. The second-order valence-corrected chi connectivity index (χ2v) is 7.39. The summed E-state index contributed by atoms with van der Waals surface area (Å²) in [6.07, 6.45) is 0. The average molecular weight is 371 g/mol. The van der Waals surface area contributed by atoms with Crippen molar-refractivity contribution >= 4 is 23.4 Å². The topological polar surface area (TPSA) is 90.5 Å². The van der Waals surface area contributed by atoms with Gasteiger partial charge in [0, 0.05) is 7.05 Å². The molecule has 0 saturated carbocycles. The maximum absolute atomic E-state index is 12.6. The van der Waals surface area contributed by atoms with E-state index < -0.39 is 0 Å². The lowest BCUT2D eigenvalue weighted by Gasteiger charge is -2.12. The lowest BCUT2D eigenvalue weighted by atomic mass is 10.2. The number of nitrogens with one attached hydrogen (secondary N) is 1. The molecule has 0 radical (unpaired) electrons. The number of rotatable bonds is 5. The summed E-state index contributed by atoms with van der Waals surface area (Å²) >= 11 is 1.31. The Balaban J connectivity index is 1.77. The summed E-state index contributed by atoms with van der Waals surface area (Å²) in [5.74, 6) is -0.117. The summed E-state index contributed by atoms with van der Waals surface area (Å²) in [5.41, 5.74) is 4.41. The fourth-order valence-electron chi connectivity index (χ4n) is 2.60. The summed E-state index contributed by atoms with van der Waals surface area (Å²) in [6, 6.07) is 7.84. The molecule has 1 atom stereocenters. The molecular formula is C17H21N7OS. The highest BCUT2D eigenvalue weighted by molar-refractivity contribution is 8.00. The van der Waals surface area contributed by atoms with E-state index in [9.17, 15) is 4.79 Å². The molecule has 0 bridgehead atoms. The van der Waals surface area contributed by atoms with Gasteiger partial charge in [-0.2, -0.15) is 9.78 Å². The van der Waals surface area contributed by atoms with Crippen LogP contribution >= 0.6 is 11.8 Å². The van der Waals surface area contributed by atoms with Crippen LogP contribution in [0.4, 0.5) is 5.69 Å². The standard InChI is InChI=1S/C17H21N7OS/c1-10-8-6-7-9-14(10)24-17(19-21-22-24)26-13(4)16(25)18-15-11(2)20-23(5)12(15)3/h6-9,13H,1-5H3,(H,18,25)/t13-/m1/s1. The first-order chi connectivity index (χ1) is 12.4. The van der Waals surface area contributed by atoms with E-state index in [-0.39, 0.29) is 11.2 Å². The van der Waals surface area contributed by atoms with Crippen molar-refractivity contribution in [3.05, 3.63) is 41.2 Å². The maximum Gasteiger partial charge on any atom is 0.237 e. The number of nitrogens with zero attached hydrogens (tertiary/aromatic N) is 6. The second-order valence-electron chi connectivity index (χ2n) is 6.08. The molecule has 8 nitrogen and oxygen atoms in total. The second kappa shape index (κ2) is 7.28. The van der Waals surface area contributed by atoms with E-state index in [0.717, 1.165) is 28.3 Å². The smallest absolute Gasteiger partial charge is 0.237 e. The van der Waals surface area contributed by atoms with Gasteiger partial charge < -0.3 is 5.32 Å². The van der Waals surface area contributed by atoms with Crippen molar-refractivity contribution in [1.29, 1.82) is 0 Å². The number of thioether (sulfide) groups is 1. The van der Waals surface area contributed by atoms with Crippen LogP contribution in [0.5, 0.6) is 0 Å². The van der Waals surface area contributed by atoms with Gasteiger partial charge in [-0.25, -0.2) is 0 Å². The van der Waals surface area contributed by atoms with Crippen molar-refractivity contribution in [3.63, 3.8) is 0 Å². The lowest BCUT2D eigenvalue weighted by Crippen LogP contribution is -2.23. The SMILES string of the molecule is Cc1ccccc1-n1nnnc1S[C@H](C)C(=O)Nc1c(C)nn(C)c1C. The van der Waals surface area contributed by atoms with Gasteiger partial charge in [-0.1, -0.05) is 30.0 Å². The predicted octanol–water partition coefficient (Wildman–Crippen LogP) is 2.44. The van der Waals surface area contributed by atoms with Crippen LogP contribution in [0.3, 0.4) is 0 Å². The first-order valence-corrected chi connectivity index (χ1v) is 9.08. The number of amides is 1. The number of aromatic nitrogens is 6. The van der Waals surface area contributed by atoms with Crippen molar-refractivity contribution < 1.29 is 4.79 Å². The predicted molar refractivity (Wildman–Crippen MR) is 101 cm³/mol. The summed E-state index contributed by atoms with van der Waals surface area (Å²) in [6.45, 7) is 7.62. The molecule has 136 valence electrons. The number of anilines is 1. The maximum atomic E-state index is 12.6. The van der Waals surface area contributed by atoms with Gasteiger partial charge in [0.15, 0.2) is 0 Å². The lowest BCUT2D eigenvalue weighted by molar-refractivity contribution is -0.115. The van der Waals surface area contributed by atoms with Crippen molar-refractivity contribution in [2.75, 3.05) is 5.32 Å². The highest BCUT2D eigenvalue weighted by Gasteiger charge is 2.22. The highest BCUT2D eigenvalue weighted by atomic mass is 32.2. The number of aryl methyl sites for hydroxylation is 3. The number of carbonyl (C=O) groups is 1. The summed E-state index contributed by atoms with van der Waals surface area (Å²) < 4.78 is 3.41. The van der Waals surface area contributed by atoms with E-state index in [1.165, 1.54) is 11.8 Å². The number of tetrazole rings is 1. The molecule has 0 saturated heterocycles. The number of carbonyl (C=O) groups excluding carboxylic acids is 1. The summed E-state index contributed by atoms with van der Waals surface area (Å²) in [4.78, 5) is 12.6. The third kappa shape index (κ3) is 3.48. The molecule has 3 aromatic rings. The molecule has 1 aromatic carbocycles. The van der Waals surface area contributed by atoms with E-state index in [2.05, 4.69) is 25.9 Å². The number of benzene rings is 1. The summed E-state index contributed by atoms with van der Waals surface area (Å²) in [5, 5.41) is 19.4. The Kier molecular flexibility index (Phi) is 5.08. The van der Waals surface area contributed by atoms with Gasteiger partial charge in [0.05, 0.1) is 28.0 Å². The first-order valence-electron chi connectivity index (χ1n) is 8.20. The fraction of sp³-hybridized carbons (Fsp3) is 0.353. The molecule has 2 heterocycles. The highest BCUT2D eigenvalue weighted by Crippen LogP contribution is 2.26. The molecule has 1 N–H and O–H groups in total. The Morgan fingerprint density at radius 2 is 1.96 bits per heavy atom. The minimum Gasteiger partial charge on any atom is -0.322 e. The van der Waals surface area contributed by atoms with Crippen molar-refractivity contribution in [2.24, 2.45) is 7.05 Å². The van der Waals surface area contributed by atoms with E-state index in [4.69, 9.17) is 0 Å². The third-order valence-electron chi connectivity index (χ3n) is 4.19. The molecular weight excluding hydrogens is 350 g/mol. The van der Waals surface area contributed by atoms with Gasteiger partial charge in [-0.05, 0) is 49.8 Å². The molecule has 2 aromatic heterocycles. The van der Waals surface area contributed by atoms with Crippen molar-refractivity contribution in [2.45, 2.75) is 38.1 Å². The number of para-hydroxylation sites is 1. The zero-order chi connectivity index (χ0) is 18.8. The minimum atomic E-state index is -0.372. The average Bonchev–Trinajstić information content (AvgIpc) is 3.15. The monoisotopic (exact) mass is 371 g/mol. The van der Waals surface area contributed by atoms with Crippen LogP contribution in [0.1, 0.15) is 23.9 Å². The van der Waals surface area contributed by atoms with E-state index in [0.29, 0.717) is 5.16 Å². The zero-order valence-electron chi connectivity index (χ0n) is 15.4. The van der Waals surface area contributed by atoms with Gasteiger partial charge in [0.2, 0.25) is 11.1 Å². The van der Waals surface area contributed by atoms with Crippen LogP contribution in [0.15, 0.2) is 29.4 Å². The van der Waals surface area contributed by atoms with E-state index in [1.807, 2.05) is 59.0 Å². The normalized spacial score (nSPS) is 12.2. The van der Waals surface area contributed by atoms with Crippen LogP contribution in [0, 0.1) is 20.8 Å². The molecule has 0 aliphatic carbocycles. The van der Waals surface area contributed by atoms with E-state index >= 15 is 0 Å². The van der Waals surface area contributed by atoms with Gasteiger partial charge in [0.25, 0.3) is 0 Å². The Morgan fingerprint density at radius 3 is 2.62 bits per heavy atom. The van der Waals surface area contributed by atoms with E-state index in [1.54, 1.807) is 9.36 Å². The third-order valence-corrected chi connectivity index (χ3v) is 5.23. The number of hydrogen-bond acceptors (Lipinski definition) is 6. The molecule has 0 aliphatic rings. The summed E-state index contributed by atoms with van der Waals surface area (Å²) in [7, 11) is 1.85. The molecule has 1 amide bonds. The molecule has 0 aliphatic heterocycles. The minimum absolute atomic E-state index is 0.117. The van der Waals surface area contributed by atoms with Crippen molar-refractivity contribution in [3.8, 4) is 5.69 Å².